The first-order valence-corrected chi connectivity index (χ1v) is 12.5. The zero-order chi connectivity index (χ0) is 26.6. The lowest BCUT2D eigenvalue weighted by molar-refractivity contribution is -0.190. The van der Waals surface area contributed by atoms with Gasteiger partial charge in [0.2, 0.25) is 0 Å². The third kappa shape index (κ3) is 4.54. The molecule has 1 N–H and O–H groups in total. The quantitative estimate of drug-likeness (QED) is 0.439. The molecule has 0 radical (unpaired) electrons. The largest absolute Gasteiger partial charge is 0.491 e. The zero-order valence-electron chi connectivity index (χ0n) is 21.1. The highest BCUT2D eigenvalue weighted by molar-refractivity contribution is 6.32. The lowest BCUT2D eigenvalue weighted by Gasteiger charge is -2.52. The number of fused-ring (bicyclic) bond motifs is 3. The summed E-state index contributed by atoms with van der Waals surface area (Å²) in [6, 6.07) is 0.0660. The third-order valence-corrected chi connectivity index (χ3v) is 7.68. The fraction of sp³-hybridized carbons (Fsp3) is 0.583. The van der Waals surface area contributed by atoms with Gasteiger partial charge in [-0.1, -0.05) is 11.6 Å². The van der Waals surface area contributed by atoms with Crippen LogP contribution in [-0.2, 0) is 23.6 Å². The highest BCUT2D eigenvalue weighted by atomic mass is 35.5. The van der Waals surface area contributed by atoms with Crippen molar-refractivity contribution in [3.05, 3.63) is 35.1 Å². The van der Waals surface area contributed by atoms with Crippen molar-refractivity contribution in [3.63, 3.8) is 0 Å². The van der Waals surface area contributed by atoms with Gasteiger partial charge in [0.1, 0.15) is 17.1 Å². The summed E-state index contributed by atoms with van der Waals surface area (Å²) < 4.78 is 54.6. The Morgan fingerprint density at radius 3 is 2.49 bits per heavy atom. The maximum atomic E-state index is 13.2. The first-order valence-electron chi connectivity index (χ1n) is 12.1. The van der Waals surface area contributed by atoms with E-state index in [4.69, 9.17) is 26.1 Å². The number of nitrogens with one attached hydrogen (secondary N) is 1. The van der Waals surface area contributed by atoms with Gasteiger partial charge < -0.3 is 19.4 Å². The maximum Gasteiger partial charge on any atom is 0.434 e. The molecular formula is C24H29ClF3N7O2. The van der Waals surface area contributed by atoms with Crippen LogP contribution in [0.1, 0.15) is 57.1 Å². The van der Waals surface area contributed by atoms with E-state index in [1.807, 2.05) is 13.8 Å². The van der Waals surface area contributed by atoms with Gasteiger partial charge >= 0.3 is 6.18 Å². The van der Waals surface area contributed by atoms with Gasteiger partial charge in [-0.3, -0.25) is 4.68 Å². The normalized spacial score (nSPS) is 23.6. The number of hydrogen-bond donors (Lipinski definition) is 1. The van der Waals surface area contributed by atoms with E-state index in [1.165, 1.54) is 4.57 Å². The van der Waals surface area contributed by atoms with Gasteiger partial charge in [0.25, 0.3) is 0 Å². The average molecular weight is 540 g/mol. The van der Waals surface area contributed by atoms with Gasteiger partial charge in [-0.2, -0.15) is 18.3 Å². The van der Waals surface area contributed by atoms with Crippen LogP contribution in [0.3, 0.4) is 0 Å². The van der Waals surface area contributed by atoms with Crippen LogP contribution < -0.4 is 10.1 Å². The number of nitrogens with zero attached hydrogens (tertiary/aromatic N) is 6. The second-order valence-electron chi connectivity index (χ2n) is 10.2. The van der Waals surface area contributed by atoms with Gasteiger partial charge in [0.15, 0.2) is 23.1 Å². The van der Waals surface area contributed by atoms with Crippen LogP contribution in [-0.4, -0.2) is 49.6 Å². The first-order chi connectivity index (χ1) is 17.5. The maximum absolute atomic E-state index is 13.2. The number of alkyl halides is 3. The molecule has 0 amide bonds. The third-order valence-electron chi connectivity index (χ3n) is 7.40. The first kappa shape index (κ1) is 25.8. The molecule has 37 heavy (non-hydrogen) atoms. The molecule has 0 aromatic carbocycles. The summed E-state index contributed by atoms with van der Waals surface area (Å²) >= 11 is 6.40. The molecule has 3 aromatic heterocycles. The van der Waals surface area contributed by atoms with Crippen molar-refractivity contribution in [2.45, 2.75) is 57.3 Å². The van der Waals surface area contributed by atoms with Crippen LogP contribution in [0.25, 0.3) is 11.5 Å². The Balaban J connectivity index is 1.34. The highest BCUT2D eigenvalue weighted by Crippen LogP contribution is 2.53. The molecule has 13 heteroatoms. The minimum Gasteiger partial charge on any atom is -0.491 e. The molecule has 1 saturated carbocycles. The fourth-order valence-corrected chi connectivity index (χ4v) is 5.50. The van der Waals surface area contributed by atoms with E-state index in [9.17, 15) is 13.2 Å². The van der Waals surface area contributed by atoms with Crippen LogP contribution in [0, 0.1) is 5.41 Å². The molecule has 3 aliphatic rings. The van der Waals surface area contributed by atoms with Gasteiger partial charge in [-0.25, -0.2) is 15.0 Å². The number of anilines is 1. The number of rotatable bonds is 7. The number of halogens is 4. The molecule has 1 aliphatic carbocycles. The second kappa shape index (κ2) is 9.16. The topological polar surface area (TPSA) is 91.9 Å². The predicted octanol–water partition coefficient (Wildman–Crippen LogP) is 5.23. The van der Waals surface area contributed by atoms with Crippen LogP contribution in [0.4, 0.5) is 19.0 Å². The van der Waals surface area contributed by atoms with Gasteiger partial charge in [0.05, 0.1) is 31.1 Å². The highest BCUT2D eigenvalue weighted by Gasteiger charge is 2.53. The molecule has 200 valence electrons. The summed E-state index contributed by atoms with van der Waals surface area (Å²) in [5.41, 5.74) is -1.26. The van der Waals surface area contributed by atoms with Crippen LogP contribution in [0.5, 0.6) is 5.75 Å². The number of ether oxygens (including phenoxy) is 2. The number of aromatic nitrogens is 6. The van der Waals surface area contributed by atoms with E-state index in [1.54, 1.807) is 31.2 Å². The molecular weight excluding hydrogens is 511 g/mol. The summed E-state index contributed by atoms with van der Waals surface area (Å²) in [6.45, 7) is 4.95. The van der Waals surface area contributed by atoms with Gasteiger partial charge in [-0.15, -0.1) is 0 Å². The summed E-state index contributed by atoms with van der Waals surface area (Å²) in [4.78, 5) is 13.0. The Morgan fingerprint density at radius 1 is 1.19 bits per heavy atom. The molecule has 3 fully saturated rings. The lowest BCUT2D eigenvalue weighted by Crippen LogP contribution is -2.52. The molecule has 0 atom stereocenters. The van der Waals surface area contributed by atoms with E-state index < -0.39 is 17.5 Å². The van der Waals surface area contributed by atoms with Crippen LogP contribution >= 0.6 is 11.6 Å². The molecule has 3 aromatic rings. The van der Waals surface area contributed by atoms with E-state index in [0.717, 1.165) is 19.0 Å². The van der Waals surface area contributed by atoms with E-state index >= 15 is 0 Å². The van der Waals surface area contributed by atoms with Gasteiger partial charge in [0, 0.05) is 31.2 Å². The van der Waals surface area contributed by atoms with Crippen molar-refractivity contribution in [1.29, 1.82) is 0 Å². The van der Waals surface area contributed by atoms with E-state index in [2.05, 4.69) is 20.4 Å². The zero-order valence-corrected chi connectivity index (χ0v) is 21.8. The summed E-state index contributed by atoms with van der Waals surface area (Å²) in [6.07, 6.45) is 2.44. The monoisotopic (exact) mass is 539 g/mol. The number of aryl methyl sites for hydroxylation is 1. The Hall–Kier alpha value is -2.86. The van der Waals surface area contributed by atoms with Crippen molar-refractivity contribution in [2.24, 2.45) is 12.5 Å². The molecule has 0 unspecified atom stereocenters. The standard InChI is InChI=1S/C24H29ClF3N7O2/c1-14(2)35-18(15(25)9-31-35)20-29-10-16(36-4)19(33-20)30-12-22-5-7-23(8-6-22,37-13-22)21-32-17(11-34(21)3)24(26,27)28/h9-11,14H,5-8,12-13H2,1-4H3,(H,29,30,33). The number of methoxy groups -OCH3 is 1. The number of hydrogen-bond acceptors (Lipinski definition) is 7. The van der Waals surface area contributed by atoms with Gasteiger partial charge in [-0.05, 0) is 39.5 Å². The van der Waals surface area contributed by atoms with E-state index in [-0.39, 0.29) is 11.5 Å². The minimum absolute atomic E-state index is 0.0660. The molecule has 9 nitrogen and oxygen atoms in total. The Bertz CT molecular complexity index is 1280. The minimum atomic E-state index is -4.49. The summed E-state index contributed by atoms with van der Waals surface area (Å²) in [5.74, 6) is 1.77. The van der Waals surface area contributed by atoms with Crippen molar-refractivity contribution < 1.29 is 22.6 Å². The molecule has 2 bridgehead atoms. The van der Waals surface area contributed by atoms with Crippen molar-refractivity contribution in [1.82, 2.24) is 29.3 Å². The van der Waals surface area contributed by atoms with Crippen LogP contribution in [0.2, 0.25) is 5.02 Å². The van der Waals surface area contributed by atoms with Crippen molar-refractivity contribution >= 4 is 17.4 Å². The van der Waals surface area contributed by atoms with E-state index in [0.29, 0.717) is 59.9 Å². The Labute approximate surface area is 217 Å². The van der Waals surface area contributed by atoms with Crippen molar-refractivity contribution in [2.75, 3.05) is 25.6 Å². The predicted molar refractivity (Wildman–Crippen MR) is 130 cm³/mol. The lowest BCUT2D eigenvalue weighted by atomic mass is 9.65. The fourth-order valence-electron chi connectivity index (χ4n) is 5.28. The molecule has 5 heterocycles. The SMILES string of the molecule is COc1cnc(-c2c(Cl)cnn2C(C)C)nc1NCC12CCC(c3nc(C(F)(F)F)cn3C)(CC1)OC2. The molecule has 2 saturated heterocycles. The smallest absolute Gasteiger partial charge is 0.434 e. The average Bonchev–Trinajstić information content (AvgIpc) is 3.47. The summed E-state index contributed by atoms with van der Waals surface area (Å²) in [5, 5.41) is 8.20. The van der Waals surface area contributed by atoms with Crippen molar-refractivity contribution in [3.8, 4) is 17.3 Å². The Morgan fingerprint density at radius 2 is 1.92 bits per heavy atom. The summed E-state index contributed by atoms with van der Waals surface area (Å²) in [7, 11) is 3.14. The molecule has 6 rings (SSSR count). The number of imidazole rings is 1. The van der Waals surface area contributed by atoms with Crippen LogP contribution in [0.15, 0.2) is 18.6 Å². The Kier molecular flexibility index (Phi) is 6.38. The second-order valence-corrected chi connectivity index (χ2v) is 10.6. The molecule has 2 aliphatic heterocycles. The molecule has 0 spiro atoms.